The lowest BCUT2D eigenvalue weighted by Crippen LogP contribution is -2.61. The van der Waals surface area contributed by atoms with Crippen LogP contribution in [0.5, 0.6) is 0 Å². The number of imidazole rings is 1. The molecule has 4 aromatic rings. The number of nitrogens with one attached hydrogen (secondary N) is 1. The number of thioether (sulfide) groups is 1. The summed E-state index contributed by atoms with van der Waals surface area (Å²) >= 11 is 2.94. The van der Waals surface area contributed by atoms with Crippen LogP contribution in [0.2, 0.25) is 0 Å². The number of benzene rings is 2. The van der Waals surface area contributed by atoms with Crippen LogP contribution in [0.15, 0.2) is 71.8 Å². The van der Waals surface area contributed by atoms with E-state index >= 15 is 0 Å². The van der Waals surface area contributed by atoms with Gasteiger partial charge in [-0.2, -0.15) is 4.40 Å². The molecule has 0 unspecified atom stereocenters. The Kier molecular flexibility index (Phi) is 9.85. The lowest BCUT2D eigenvalue weighted by Gasteiger charge is -2.44. The fourth-order valence-electron chi connectivity index (χ4n) is 5.93. The number of nitro groups is 2. The Morgan fingerprint density at radius 1 is 1.06 bits per heavy atom. The molecule has 2 N–H and O–H groups in total. The number of hydrogen-bond acceptors (Lipinski definition) is 12. The molecular formula is C32H31N6O10S2+. The summed E-state index contributed by atoms with van der Waals surface area (Å²) in [5.74, 6) is -1.19. The molecule has 4 heterocycles. The number of rotatable bonds is 13. The molecule has 0 spiro atoms. The highest BCUT2D eigenvalue weighted by molar-refractivity contribution is 7.99. The zero-order valence-corrected chi connectivity index (χ0v) is 28.3. The van der Waals surface area contributed by atoms with Crippen LogP contribution >= 0.6 is 23.1 Å². The van der Waals surface area contributed by atoms with Crippen molar-refractivity contribution in [3.05, 3.63) is 103 Å². The largest absolute Gasteiger partial charge is 0.456 e. The second kappa shape index (κ2) is 14.3. The lowest BCUT2D eigenvalue weighted by atomic mass is 9.83. The van der Waals surface area contributed by atoms with Gasteiger partial charge in [0.2, 0.25) is 22.1 Å². The van der Waals surface area contributed by atoms with Gasteiger partial charge < -0.3 is 24.8 Å². The predicted octanol–water partition coefficient (Wildman–Crippen LogP) is 3.73. The van der Waals surface area contributed by atoms with Crippen LogP contribution in [0, 0.1) is 26.1 Å². The number of esters is 1. The molecule has 18 heteroatoms. The molecule has 0 saturated carbocycles. The normalized spacial score (nSPS) is 17.3. The van der Waals surface area contributed by atoms with E-state index < -0.39 is 40.0 Å². The van der Waals surface area contributed by atoms with Crippen LogP contribution in [0.4, 0.5) is 16.2 Å². The van der Waals surface area contributed by atoms with Crippen molar-refractivity contribution in [1.82, 2.24) is 14.6 Å². The van der Waals surface area contributed by atoms with Crippen molar-refractivity contribution in [2.75, 3.05) is 12.3 Å². The van der Waals surface area contributed by atoms with Gasteiger partial charge in [0.1, 0.15) is 25.1 Å². The molecule has 2 aliphatic rings. The Labute approximate surface area is 292 Å². The van der Waals surface area contributed by atoms with Gasteiger partial charge in [-0.15, -0.1) is 0 Å². The van der Waals surface area contributed by atoms with Crippen LogP contribution in [0.1, 0.15) is 29.3 Å². The maximum absolute atomic E-state index is 13.5. The molecule has 6 rings (SSSR count). The Morgan fingerprint density at radius 2 is 1.66 bits per heavy atom. The molecule has 1 saturated heterocycles. The maximum atomic E-state index is 13.5. The van der Waals surface area contributed by atoms with Crippen molar-refractivity contribution >= 4 is 62.8 Å². The van der Waals surface area contributed by atoms with Crippen molar-refractivity contribution < 1.29 is 43.4 Å². The number of amides is 2. The van der Waals surface area contributed by atoms with Gasteiger partial charge in [0.15, 0.2) is 0 Å². The van der Waals surface area contributed by atoms with Crippen LogP contribution in [0.25, 0.3) is 10.4 Å². The number of aryl methyl sites for hydroxylation is 1. The Balaban J connectivity index is 1.12. The molecular weight excluding hydrogens is 693 g/mol. The third kappa shape index (κ3) is 6.89. The molecule has 0 radical (unpaired) electrons. The SMILES string of the molecule is C[C@@H](O)[C@H]1C(=O)N2C(C(=O)OCc3ccc([N+](=O)[O-])cc3)=C(c3cn4c[n+](C)c(SCCNC(=O)OCc5ccc([N+](=O)[O-])cc5)c4s3)C[C@H]12. The van der Waals surface area contributed by atoms with Crippen LogP contribution in [0.3, 0.4) is 0 Å². The number of ether oxygens (including phenoxy) is 2. The summed E-state index contributed by atoms with van der Waals surface area (Å²) in [6.45, 7) is 1.67. The first-order valence-electron chi connectivity index (χ1n) is 15.3. The van der Waals surface area contributed by atoms with Gasteiger partial charge >= 0.3 is 12.1 Å². The average molecular weight is 724 g/mol. The standard InChI is InChI=1S/C32H30N6O10S2/c1-18(39)26-24-13-23(27(36(24)28(26)40)31(41)47-15-19-3-7-21(8-4-19)37(43)44)25-14-35-17-34(2)29(30(35)50-25)49-12-11-33-32(42)48-16-20-5-9-22(10-6-20)38(45)46/h3-10,14,17-18,24,26,39H,11-13,15-16H2,1-2H3/p+1/t18-,24-,26-/m1/s1. The van der Waals surface area contributed by atoms with E-state index in [1.165, 1.54) is 76.5 Å². The summed E-state index contributed by atoms with van der Waals surface area (Å²) in [7, 11) is 1.89. The highest BCUT2D eigenvalue weighted by Crippen LogP contribution is 2.48. The van der Waals surface area contributed by atoms with Gasteiger partial charge in [-0.25, -0.2) is 14.2 Å². The van der Waals surface area contributed by atoms with Gasteiger partial charge in [-0.1, -0.05) is 23.1 Å². The minimum atomic E-state index is -0.894. The molecule has 16 nitrogen and oxygen atoms in total. The summed E-state index contributed by atoms with van der Waals surface area (Å²) in [5.41, 5.74) is 1.78. The molecule has 0 bridgehead atoms. The van der Waals surface area contributed by atoms with Crippen molar-refractivity contribution in [3.8, 4) is 0 Å². The second-order valence-corrected chi connectivity index (χ2v) is 13.8. The van der Waals surface area contributed by atoms with Crippen LogP contribution in [-0.4, -0.2) is 66.7 Å². The van der Waals surface area contributed by atoms with Crippen LogP contribution < -0.4 is 9.88 Å². The van der Waals surface area contributed by atoms with E-state index in [4.69, 9.17) is 9.47 Å². The van der Waals surface area contributed by atoms with Crippen LogP contribution in [-0.2, 0) is 39.3 Å². The third-order valence-corrected chi connectivity index (χ3v) is 10.8. The number of nitro benzene ring substituents is 2. The number of thiazole rings is 1. The number of alkyl carbamates (subject to hydrolysis) is 1. The van der Waals surface area contributed by atoms with Crippen molar-refractivity contribution in [2.45, 2.75) is 43.7 Å². The number of carbonyl (C=O) groups excluding carboxylic acids is 3. The number of hydrogen-bond donors (Lipinski definition) is 2. The van der Waals surface area contributed by atoms with Gasteiger partial charge in [-0.05, 0) is 48.7 Å². The third-order valence-electron chi connectivity index (χ3n) is 8.36. The molecule has 1 fully saturated rings. The number of aromatic nitrogens is 2. The highest BCUT2D eigenvalue weighted by atomic mass is 32.2. The fraction of sp³-hybridized carbons (Fsp3) is 0.312. The van der Waals surface area contributed by atoms with Gasteiger partial charge in [0, 0.05) is 42.1 Å². The zero-order chi connectivity index (χ0) is 35.7. The molecule has 2 aromatic carbocycles. The molecule has 2 aromatic heterocycles. The number of fused-ring (bicyclic) bond motifs is 2. The fourth-order valence-corrected chi connectivity index (χ4v) is 8.22. The van der Waals surface area contributed by atoms with E-state index in [0.717, 1.165) is 14.7 Å². The first-order chi connectivity index (χ1) is 23.9. The number of β-lactam (4-membered cyclic amide) rings is 1. The first-order valence-corrected chi connectivity index (χ1v) is 17.1. The molecule has 260 valence electrons. The highest BCUT2D eigenvalue weighted by Gasteiger charge is 2.57. The summed E-state index contributed by atoms with van der Waals surface area (Å²) in [6, 6.07) is 11.0. The summed E-state index contributed by atoms with van der Waals surface area (Å²) in [5, 5.41) is 35.7. The minimum Gasteiger partial charge on any atom is -0.456 e. The number of nitrogens with zero attached hydrogens (tertiary/aromatic N) is 5. The quantitative estimate of drug-likeness (QED) is 0.0388. The molecule has 3 atom stereocenters. The average Bonchev–Trinajstić information content (AvgIpc) is 3.73. The Bertz CT molecular complexity index is 2020. The van der Waals surface area contributed by atoms with Crippen molar-refractivity contribution in [2.24, 2.45) is 13.0 Å². The zero-order valence-electron chi connectivity index (χ0n) is 26.7. The van der Waals surface area contributed by atoms with E-state index in [1.807, 2.05) is 28.5 Å². The first kappa shape index (κ1) is 34.5. The summed E-state index contributed by atoms with van der Waals surface area (Å²) < 4.78 is 14.7. The molecule has 0 aliphatic carbocycles. The summed E-state index contributed by atoms with van der Waals surface area (Å²) in [4.78, 5) is 62.7. The second-order valence-electron chi connectivity index (χ2n) is 11.7. The molecule has 2 aliphatic heterocycles. The summed E-state index contributed by atoms with van der Waals surface area (Å²) in [6.07, 6.45) is 2.60. The number of non-ortho nitro benzene ring substituents is 2. The number of carbonyl (C=O) groups is 3. The van der Waals surface area contributed by atoms with E-state index in [2.05, 4.69) is 5.32 Å². The number of aliphatic hydroxyl groups is 1. The van der Waals surface area contributed by atoms with Gasteiger partial charge in [-0.3, -0.25) is 25.0 Å². The predicted molar refractivity (Wildman–Crippen MR) is 179 cm³/mol. The Morgan fingerprint density at radius 3 is 2.24 bits per heavy atom. The van der Waals surface area contributed by atoms with Gasteiger partial charge in [0.25, 0.3) is 11.4 Å². The molecule has 2 amide bonds. The smallest absolute Gasteiger partial charge is 0.407 e. The minimum absolute atomic E-state index is 0.0334. The number of aliphatic hydroxyl groups excluding tert-OH is 1. The van der Waals surface area contributed by atoms with E-state index in [-0.39, 0.29) is 36.2 Å². The lowest BCUT2D eigenvalue weighted by molar-refractivity contribution is -0.705. The van der Waals surface area contributed by atoms with Crippen molar-refractivity contribution in [1.29, 1.82) is 0 Å². The molecule has 50 heavy (non-hydrogen) atoms. The van der Waals surface area contributed by atoms with E-state index in [0.29, 0.717) is 35.4 Å². The van der Waals surface area contributed by atoms with E-state index in [9.17, 15) is 39.7 Å². The van der Waals surface area contributed by atoms with Crippen molar-refractivity contribution in [3.63, 3.8) is 0 Å². The topological polar surface area (TPSA) is 200 Å². The maximum Gasteiger partial charge on any atom is 0.407 e. The van der Waals surface area contributed by atoms with E-state index in [1.54, 1.807) is 6.92 Å². The Hall–Kier alpha value is -5.33. The monoisotopic (exact) mass is 723 g/mol. The van der Waals surface area contributed by atoms with Gasteiger partial charge in [0.05, 0.1) is 39.8 Å².